The Labute approximate surface area is 186 Å². The minimum atomic E-state index is -0.943. The Balaban J connectivity index is 1.70. The molecule has 3 aromatic carbocycles. The molecule has 3 nitrogen and oxygen atoms in total. The second-order valence-corrected chi connectivity index (χ2v) is 8.69. The number of nitrogens with one attached hydrogen (secondary N) is 1. The van der Waals surface area contributed by atoms with Gasteiger partial charge in [-0.3, -0.25) is 4.79 Å². The highest BCUT2D eigenvalue weighted by Gasteiger charge is 2.21. The summed E-state index contributed by atoms with van der Waals surface area (Å²) in [6.07, 6.45) is -0.943. The molecule has 1 aromatic heterocycles. The maximum absolute atomic E-state index is 13.0. The fraction of sp³-hybridized carbons (Fsp3) is 0.0455. The first-order valence-electron chi connectivity index (χ1n) is 8.65. The molecule has 1 heterocycles. The number of thiophene rings is 1. The molecule has 4 rings (SSSR count). The van der Waals surface area contributed by atoms with Crippen molar-refractivity contribution in [3.05, 3.63) is 97.8 Å². The Kier molecular flexibility index (Phi) is 5.81. The molecule has 2 N–H and O–H groups in total. The van der Waals surface area contributed by atoms with Gasteiger partial charge in [-0.05, 0) is 35.9 Å². The molecule has 4 aromatic rings. The van der Waals surface area contributed by atoms with Crippen molar-refractivity contribution in [1.82, 2.24) is 0 Å². The van der Waals surface area contributed by atoms with Gasteiger partial charge in [0.2, 0.25) is 0 Å². The lowest BCUT2D eigenvalue weighted by molar-refractivity contribution is 0.103. The zero-order valence-electron chi connectivity index (χ0n) is 14.8. The SMILES string of the molecule is O=C(Nc1ccc(Cl)cc1[C@@H](O)c1ccccc1)c1sc2cc(Cl)ccc2c1Cl. The second-order valence-electron chi connectivity index (χ2n) is 6.38. The van der Waals surface area contributed by atoms with Crippen LogP contribution in [0.1, 0.15) is 26.9 Å². The molecule has 0 aliphatic rings. The summed E-state index contributed by atoms with van der Waals surface area (Å²) in [5.74, 6) is -0.365. The van der Waals surface area contributed by atoms with Gasteiger partial charge in [-0.25, -0.2) is 0 Å². The fourth-order valence-electron chi connectivity index (χ4n) is 3.05. The van der Waals surface area contributed by atoms with Crippen molar-refractivity contribution >= 4 is 67.8 Å². The summed E-state index contributed by atoms with van der Waals surface area (Å²) in [5.41, 5.74) is 1.65. The predicted molar refractivity (Wildman–Crippen MR) is 122 cm³/mol. The number of aliphatic hydroxyl groups excluding tert-OH is 1. The van der Waals surface area contributed by atoms with E-state index in [0.29, 0.717) is 36.8 Å². The number of anilines is 1. The van der Waals surface area contributed by atoms with Gasteiger partial charge in [-0.15, -0.1) is 11.3 Å². The maximum atomic E-state index is 13.0. The lowest BCUT2D eigenvalue weighted by atomic mass is 10.00. The molecule has 1 amide bonds. The molecular formula is C22H14Cl3NO2S. The first-order valence-corrected chi connectivity index (χ1v) is 10.6. The van der Waals surface area contributed by atoms with Crippen LogP contribution in [0.2, 0.25) is 15.1 Å². The molecular weight excluding hydrogens is 449 g/mol. The van der Waals surface area contributed by atoms with Crippen molar-refractivity contribution in [3.8, 4) is 0 Å². The van der Waals surface area contributed by atoms with E-state index in [-0.39, 0.29) is 5.91 Å². The molecule has 0 bridgehead atoms. The van der Waals surface area contributed by atoms with E-state index < -0.39 is 6.10 Å². The van der Waals surface area contributed by atoms with Gasteiger partial charge in [0.1, 0.15) is 11.0 Å². The normalized spacial score (nSPS) is 12.1. The number of hydrogen-bond donors (Lipinski definition) is 2. The molecule has 0 radical (unpaired) electrons. The van der Waals surface area contributed by atoms with Crippen LogP contribution in [-0.2, 0) is 0 Å². The van der Waals surface area contributed by atoms with E-state index in [1.807, 2.05) is 30.3 Å². The first kappa shape index (κ1) is 20.2. The molecule has 29 heavy (non-hydrogen) atoms. The topological polar surface area (TPSA) is 49.3 Å². The Bertz CT molecular complexity index is 1210. The summed E-state index contributed by atoms with van der Waals surface area (Å²) in [7, 11) is 0. The van der Waals surface area contributed by atoms with Crippen molar-refractivity contribution in [2.24, 2.45) is 0 Å². The molecule has 0 saturated heterocycles. The highest BCUT2D eigenvalue weighted by molar-refractivity contribution is 7.21. The van der Waals surface area contributed by atoms with Crippen molar-refractivity contribution in [3.63, 3.8) is 0 Å². The van der Waals surface area contributed by atoms with Crippen LogP contribution in [0.4, 0.5) is 5.69 Å². The number of halogens is 3. The molecule has 0 spiro atoms. The van der Waals surface area contributed by atoms with Crippen LogP contribution in [0, 0.1) is 0 Å². The van der Waals surface area contributed by atoms with Gasteiger partial charge in [-0.2, -0.15) is 0 Å². The van der Waals surface area contributed by atoms with E-state index in [2.05, 4.69) is 5.32 Å². The maximum Gasteiger partial charge on any atom is 0.267 e. The lowest BCUT2D eigenvalue weighted by Gasteiger charge is -2.17. The average Bonchev–Trinajstić information content (AvgIpc) is 3.05. The number of fused-ring (bicyclic) bond motifs is 1. The summed E-state index contributed by atoms with van der Waals surface area (Å²) >= 11 is 19.9. The number of aliphatic hydroxyl groups is 1. The number of rotatable bonds is 4. The number of carbonyl (C=O) groups excluding carboxylic acids is 1. The highest BCUT2D eigenvalue weighted by atomic mass is 35.5. The van der Waals surface area contributed by atoms with Crippen LogP contribution in [0.15, 0.2) is 66.7 Å². The van der Waals surface area contributed by atoms with Crippen molar-refractivity contribution in [1.29, 1.82) is 0 Å². The molecule has 0 unspecified atom stereocenters. The summed E-state index contributed by atoms with van der Waals surface area (Å²) in [6.45, 7) is 0. The van der Waals surface area contributed by atoms with E-state index in [1.54, 1.807) is 36.4 Å². The number of benzene rings is 3. The lowest BCUT2D eigenvalue weighted by Crippen LogP contribution is -2.14. The third-order valence-electron chi connectivity index (χ3n) is 4.47. The summed E-state index contributed by atoms with van der Waals surface area (Å²) in [6, 6.07) is 19.4. The molecule has 146 valence electrons. The Morgan fingerprint density at radius 1 is 0.931 bits per heavy atom. The quantitative estimate of drug-likeness (QED) is 0.337. The Morgan fingerprint density at radius 3 is 2.38 bits per heavy atom. The smallest absolute Gasteiger partial charge is 0.267 e. The predicted octanol–water partition coefficient (Wildman–Crippen LogP) is 7.20. The summed E-state index contributed by atoms with van der Waals surface area (Å²) in [5, 5.41) is 15.9. The Morgan fingerprint density at radius 2 is 1.62 bits per heavy atom. The average molecular weight is 463 g/mol. The van der Waals surface area contributed by atoms with Crippen molar-refractivity contribution in [2.45, 2.75) is 6.10 Å². The largest absolute Gasteiger partial charge is 0.384 e. The standard InChI is InChI=1S/C22H14Cl3NO2S/c23-13-7-9-17(16(10-13)20(27)12-4-2-1-3-5-12)26-22(28)21-19(25)15-8-6-14(24)11-18(15)29-21/h1-11,20,27H,(H,26,28)/t20-/m0/s1. The monoisotopic (exact) mass is 461 g/mol. The first-order chi connectivity index (χ1) is 13.9. The van der Waals surface area contributed by atoms with Crippen LogP contribution >= 0.6 is 46.1 Å². The van der Waals surface area contributed by atoms with Crippen molar-refractivity contribution in [2.75, 3.05) is 5.32 Å². The third kappa shape index (κ3) is 4.13. The molecule has 0 saturated carbocycles. The highest BCUT2D eigenvalue weighted by Crippen LogP contribution is 2.38. The Hall–Kier alpha value is -2.08. The number of carbonyl (C=O) groups is 1. The molecule has 1 atom stereocenters. The zero-order chi connectivity index (χ0) is 20.5. The van der Waals surface area contributed by atoms with E-state index >= 15 is 0 Å². The van der Waals surface area contributed by atoms with Crippen LogP contribution in [-0.4, -0.2) is 11.0 Å². The summed E-state index contributed by atoms with van der Waals surface area (Å²) < 4.78 is 0.827. The molecule has 0 aliphatic heterocycles. The minimum absolute atomic E-state index is 0.365. The second kappa shape index (κ2) is 8.34. The van der Waals surface area contributed by atoms with Gasteiger partial charge in [0.15, 0.2) is 0 Å². The van der Waals surface area contributed by atoms with Gasteiger partial charge in [0.25, 0.3) is 5.91 Å². The fourth-order valence-corrected chi connectivity index (χ4v) is 4.92. The van der Waals surface area contributed by atoms with Crippen LogP contribution in [0.25, 0.3) is 10.1 Å². The van der Waals surface area contributed by atoms with Crippen molar-refractivity contribution < 1.29 is 9.90 Å². The van der Waals surface area contributed by atoms with Crippen LogP contribution in [0.5, 0.6) is 0 Å². The number of hydrogen-bond acceptors (Lipinski definition) is 3. The molecule has 0 fully saturated rings. The third-order valence-corrected chi connectivity index (χ3v) is 6.60. The number of amides is 1. The van der Waals surface area contributed by atoms with Crippen LogP contribution < -0.4 is 5.32 Å². The summed E-state index contributed by atoms with van der Waals surface area (Å²) in [4.78, 5) is 13.3. The van der Waals surface area contributed by atoms with E-state index in [4.69, 9.17) is 34.8 Å². The molecule has 0 aliphatic carbocycles. The van der Waals surface area contributed by atoms with Crippen LogP contribution in [0.3, 0.4) is 0 Å². The van der Waals surface area contributed by atoms with E-state index in [9.17, 15) is 9.90 Å². The van der Waals surface area contributed by atoms with E-state index in [0.717, 1.165) is 10.1 Å². The van der Waals surface area contributed by atoms with Gasteiger partial charge in [0, 0.05) is 31.4 Å². The molecule has 7 heteroatoms. The van der Waals surface area contributed by atoms with Gasteiger partial charge in [0.05, 0.1) is 5.02 Å². The zero-order valence-corrected chi connectivity index (χ0v) is 17.9. The van der Waals surface area contributed by atoms with Gasteiger partial charge >= 0.3 is 0 Å². The minimum Gasteiger partial charge on any atom is -0.384 e. The van der Waals surface area contributed by atoms with Gasteiger partial charge in [-0.1, -0.05) is 71.2 Å². The van der Waals surface area contributed by atoms with Gasteiger partial charge < -0.3 is 10.4 Å². The van der Waals surface area contributed by atoms with E-state index in [1.165, 1.54) is 11.3 Å².